The average Bonchev–Trinajstić information content (AvgIpc) is 2.53. The number of hydrogen-bond donors (Lipinski definition) is 0. The number of aryl methyl sites for hydroxylation is 1. The van der Waals surface area contributed by atoms with Crippen molar-refractivity contribution in [3.8, 4) is 0 Å². The Hall–Kier alpha value is -1.41. The van der Waals surface area contributed by atoms with Gasteiger partial charge in [0.15, 0.2) is 0 Å². The molecule has 2 aromatic rings. The van der Waals surface area contributed by atoms with E-state index in [1.807, 2.05) is 18.5 Å². The lowest BCUT2D eigenvalue weighted by atomic mass is 10.0. The molecule has 0 unspecified atom stereocenters. The van der Waals surface area contributed by atoms with E-state index >= 15 is 0 Å². The Morgan fingerprint density at radius 3 is 2.86 bits per heavy atom. The first-order valence-electron chi connectivity index (χ1n) is 8.71. The Morgan fingerprint density at radius 2 is 2.09 bits per heavy atom. The maximum atomic E-state index is 4.04. The molecular weight excluding hydrogens is 268 g/mol. The van der Waals surface area contributed by atoms with Crippen LogP contribution in [-0.4, -0.2) is 29.5 Å². The minimum atomic E-state index is 0.945. The molecule has 2 heteroatoms. The summed E-state index contributed by atoms with van der Waals surface area (Å²) in [4.78, 5) is 6.67. The van der Waals surface area contributed by atoms with Crippen molar-refractivity contribution in [2.24, 2.45) is 5.92 Å². The summed E-state index contributed by atoms with van der Waals surface area (Å²) in [6.45, 7) is 10.8. The van der Waals surface area contributed by atoms with Gasteiger partial charge in [0.1, 0.15) is 0 Å². The van der Waals surface area contributed by atoms with Gasteiger partial charge in [-0.3, -0.25) is 4.98 Å². The third-order valence-electron chi connectivity index (χ3n) is 4.37. The molecule has 1 fully saturated rings. The molecule has 0 radical (unpaired) electrons. The molecule has 0 aliphatic carbocycles. The van der Waals surface area contributed by atoms with Crippen molar-refractivity contribution in [3.63, 3.8) is 0 Å². The van der Waals surface area contributed by atoms with Gasteiger partial charge in [-0.05, 0) is 56.6 Å². The molecule has 120 valence electrons. The quantitative estimate of drug-likeness (QED) is 0.787. The number of fused-ring (bicyclic) bond motifs is 1. The SMILES string of the molecule is CCCCN1CCC[C@@H](C)C1.Cc1ccc2cnccc2c1. The maximum absolute atomic E-state index is 4.04. The molecule has 0 N–H and O–H groups in total. The monoisotopic (exact) mass is 298 g/mol. The van der Waals surface area contributed by atoms with E-state index in [0.717, 1.165) is 5.92 Å². The van der Waals surface area contributed by atoms with Crippen molar-refractivity contribution >= 4 is 10.8 Å². The molecule has 0 spiro atoms. The second kappa shape index (κ2) is 8.89. The smallest absolute Gasteiger partial charge is 0.0346 e. The Labute approximate surface area is 135 Å². The summed E-state index contributed by atoms with van der Waals surface area (Å²) in [5.41, 5.74) is 1.30. The first-order chi connectivity index (χ1) is 10.7. The molecule has 2 heterocycles. The van der Waals surface area contributed by atoms with Gasteiger partial charge in [0.05, 0.1) is 0 Å². The minimum Gasteiger partial charge on any atom is -0.303 e. The Morgan fingerprint density at radius 1 is 1.23 bits per heavy atom. The third-order valence-corrected chi connectivity index (χ3v) is 4.37. The number of unbranched alkanes of at least 4 members (excludes halogenated alkanes) is 1. The normalized spacial score (nSPS) is 18.8. The molecule has 0 saturated carbocycles. The van der Waals surface area contributed by atoms with Crippen LogP contribution in [0.1, 0.15) is 45.1 Å². The maximum Gasteiger partial charge on any atom is 0.0346 e. The van der Waals surface area contributed by atoms with E-state index in [-0.39, 0.29) is 0 Å². The van der Waals surface area contributed by atoms with Crippen LogP contribution in [0.25, 0.3) is 10.8 Å². The number of piperidine rings is 1. The Kier molecular flexibility index (Phi) is 6.85. The van der Waals surface area contributed by atoms with Crippen LogP contribution in [0.15, 0.2) is 36.7 Å². The Balaban J connectivity index is 0.000000160. The zero-order chi connectivity index (χ0) is 15.8. The number of pyridine rings is 1. The highest BCUT2D eigenvalue weighted by Gasteiger charge is 2.14. The lowest BCUT2D eigenvalue weighted by molar-refractivity contribution is 0.182. The number of likely N-dealkylation sites (tertiary alicyclic amines) is 1. The molecule has 0 bridgehead atoms. The van der Waals surface area contributed by atoms with Crippen LogP contribution >= 0.6 is 0 Å². The van der Waals surface area contributed by atoms with Crippen LogP contribution in [-0.2, 0) is 0 Å². The van der Waals surface area contributed by atoms with Crippen LogP contribution in [0, 0.1) is 12.8 Å². The summed E-state index contributed by atoms with van der Waals surface area (Å²) < 4.78 is 0. The van der Waals surface area contributed by atoms with E-state index in [4.69, 9.17) is 0 Å². The summed E-state index contributed by atoms with van der Waals surface area (Å²) in [5.74, 6) is 0.945. The average molecular weight is 298 g/mol. The lowest BCUT2D eigenvalue weighted by Crippen LogP contribution is -2.34. The fourth-order valence-electron chi connectivity index (χ4n) is 3.07. The summed E-state index contributed by atoms with van der Waals surface area (Å²) in [6.07, 6.45) is 9.29. The highest BCUT2D eigenvalue weighted by Crippen LogP contribution is 2.15. The molecule has 22 heavy (non-hydrogen) atoms. The standard InChI is InChI=1S/C10H9N.C10H21N/c1-8-2-3-10-7-11-5-4-9(10)6-8;1-3-4-7-11-8-5-6-10(2)9-11/h2-7H,1H3;10H,3-9H2,1-2H3/t;10-/m.1/s1. The van der Waals surface area contributed by atoms with Gasteiger partial charge < -0.3 is 4.90 Å². The fraction of sp³-hybridized carbons (Fsp3) is 0.550. The topological polar surface area (TPSA) is 16.1 Å². The lowest BCUT2D eigenvalue weighted by Gasteiger charge is -2.30. The molecule has 2 nitrogen and oxygen atoms in total. The minimum absolute atomic E-state index is 0.945. The van der Waals surface area contributed by atoms with E-state index < -0.39 is 0 Å². The molecule has 3 rings (SSSR count). The van der Waals surface area contributed by atoms with Gasteiger partial charge >= 0.3 is 0 Å². The number of aromatic nitrogens is 1. The van der Waals surface area contributed by atoms with Crippen molar-refractivity contribution in [2.75, 3.05) is 19.6 Å². The van der Waals surface area contributed by atoms with Gasteiger partial charge in [0.25, 0.3) is 0 Å². The predicted molar refractivity (Wildman–Crippen MR) is 96.2 cm³/mol. The van der Waals surface area contributed by atoms with Crippen molar-refractivity contribution < 1.29 is 0 Å². The van der Waals surface area contributed by atoms with Gasteiger partial charge in [-0.2, -0.15) is 0 Å². The Bertz CT molecular complexity index is 564. The first kappa shape index (κ1) is 17.0. The van der Waals surface area contributed by atoms with E-state index in [1.165, 1.54) is 61.7 Å². The fourth-order valence-corrected chi connectivity index (χ4v) is 3.07. The molecular formula is C20H30N2. The number of rotatable bonds is 3. The highest BCUT2D eigenvalue weighted by molar-refractivity contribution is 5.81. The number of hydrogen-bond acceptors (Lipinski definition) is 2. The summed E-state index contributed by atoms with van der Waals surface area (Å²) in [6, 6.07) is 8.39. The second-order valence-electron chi connectivity index (χ2n) is 6.63. The van der Waals surface area contributed by atoms with E-state index in [2.05, 4.69) is 48.9 Å². The van der Waals surface area contributed by atoms with Gasteiger partial charge in [-0.15, -0.1) is 0 Å². The van der Waals surface area contributed by atoms with Crippen molar-refractivity contribution in [2.45, 2.75) is 46.5 Å². The molecule has 1 aliphatic rings. The van der Waals surface area contributed by atoms with E-state index in [9.17, 15) is 0 Å². The zero-order valence-corrected chi connectivity index (χ0v) is 14.4. The molecule has 1 aliphatic heterocycles. The van der Waals surface area contributed by atoms with Crippen LogP contribution < -0.4 is 0 Å². The van der Waals surface area contributed by atoms with E-state index in [0.29, 0.717) is 0 Å². The van der Waals surface area contributed by atoms with Gasteiger partial charge in [-0.25, -0.2) is 0 Å². The number of benzene rings is 1. The molecule has 1 aromatic carbocycles. The van der Waals surface area contributed by atoms with Crippen molar-refractivity contribution in [1.29, 1.82) is 0 Å². The molecule has 1 atom stereocenters. The van der Waals surface area contributed by atoms with Gasteiger partial charge in [0, 0.05) is 24.3 Å². The van der Waals surface area contributed by atoms with Crippen LogP contribution in [0.5, 0.6) is 0 Å². The molecule has 1 saturated heterocycles. The predicted octanol–water partition coefficient (Wildman–Crippen LogP) is 5.06. The summed E-state index contributed by atoms with van der Waals surface area (Å²) in [5, 5.41) is 2.47. The van der Waals surface area contributed by atoms with Crippen molar-refractivity contribution in [1.82, 2.24) is 9.88 Å². The summed E-state index contributed by atoms with van der Waals surface area (Å²) in [7, 11) is 0. The second-order valence-corrected chi connectivity index (χ2v) is 6.63. The highest BCUT2D eigenvalue weighted by atomic mass is 15.1. The third kappa shape index (κ3) is 5.42. The van der Waals surface area contributed by atoms with Crippen LogP contribution in [0.3, 0.4) is 0 Å². The molecule has 0 amide bonds. The van der Waals surface area contributed by atoms with Crippen LogP contribution in [0.4, 0.5) is 0 Å². The van der Waals surface area contributed by atoms with E-state index in [1.54, 1.807) is 0 Å². The zero-order valence-electron chi connectivity index (χ0n) is 14.4. The first-order valence-corrected chi connectivity index (χ1v) is 8.71. The van der Waals surface area contributed by atoms with Crippen LogP contribution in [0.2, 0.25) is 0 Å². The molecule has 1 aromatic heterocycles. The van der Waals surface area contributed by atoms with Crippen molar-refractivity contribution in [3.05, 3.63) is 42.2 Å². The number of nitrogens with zero attached hydrogens (tertiary/aromatic N) is 2. The van der Waals surface area contributed by atoms with Gasteiger partial charge in [-0.1, -0.05) is 44.0 Å². The van der Waals surface area contributed by atoms with Gasteiger partial charge in [0.2, 0.25) is 0 Å². The summed E-state index contributed by atoms with van der Waals surface area (Å²) >= 11 is 0. The largest absolute Gasteiger partial charge is 0.303 e.